The van der Waals surface area contributed by atoms with Gasteiger partial charge in [-0.2, -0.15) is 0 Å². The normalized spacial score (nSPS) is 33.5. The van der Waals surface area contributed by atoms with Crippen LogP contribution in [0.25, 0.3) is 0 Å². The Kier molecular flexibility index (Phi) is 4.85. The van der Waals surface area contributed by atoms with E-state index in [0.717, 1.165) is 19.4 Å². The molecule has 0 radical (unpaired) electrons. The highest BCUT2D eigenvalue weighted by molar-refractivity contribution is 5.81. The molecule has 2 atom stereocenters. The quantitative estimate of drug-likeness (QED) is 0.791. The number of likely N-dealkylation sites (tertiary alicyclic amines) is 1. The lowest BCUT2D eigenvalue weighted by atomic mass is 9.83. The summed E-state index contributed by atoms with van der Waals surface area (Å²) in [5.41, 5.74) is -0.447. The molecule has 0 amide bonds. The van der Waals surface area contributed by atoms with Crippen molar-refractivity contribution in [2.75, 3.05) is 20.2 Å². The molecule has 1 N–H and O–H groups in total. The minimum Gasteiger partial charge on any atom is -0.465 e. The largest absolute Gasteiger partial charge is 0.465 e. The van der Waals surface area contributed by atoms with E-state index in [1.165, 1.54) is 25.7 Å². The minimum atomic E-state index is -0.447. The molecule has 110 valence electrons. The minimum absolute atomic E-state index is 0.0400. The van der Waals surface area contributed by atoms with Gasteiger partial charge in [0.25, 0.3) is 0 Å². The highest BCUT2D eigenvalue weighted by Crippen LogP contribution is 2.30. The number of rotatable bonds is 4. The van der Waals surface area contributed by atoms with Crippen LogP contribution in [-0.2, 0) is 9.53 Å². The maximum Gasteiger partial charge on any atom is 0.326 e. The van der Waals surface area contributed by atoms with E-state index in [0.29, 0.717) is 18.7 Å². The summed E-state index contributed by atoms with van der Waals surface area (Å²) in [6.07, 6.45) is 6.69. The number of ether oxygens (including phenoxy) is 1. The summed E-state index contributed by atoms with van der Waals surface area (Å²) in [5, 5.41) is 3.67. The fourth-order valence-corrected chi connectivity index (χ4v) is 3.46. The van der Waals surface area contributed by atoms with Gasteiger partial charge in [-0.15, -0.1) is 0 Å². The molecule has 0 aromatic rings. The van der Waals surface area contributed by atoms with Gasteiger partial charge in [0.05, 0.1) is 6.61 Å². The second-order valence-corrected chi connectivity index (χ2v) is 6.21. The Morgan fingerprint density at radius 1 is 1.42 bits per heavy atom. The van der Waals surface area contributed by atoms with Crippen LogP contribution in [0.4, 0.5) is 0 Å². The summed E-state index contributed by atoms with van der Waals surface area (Å²) in [5.74, 6) is -0.0400. The van der Waals surface area contributed by atoms with Gasteiger partial charge in [-0.25, -0.2) is 0 Å². The summed E-state index contributed by atoms with van der Waals surface area (Å²) in [6, 6.07) is 0.923. The number of piperidine rings is 1. The molecule has 4 heteroatoms. The van der Waals surface area contributed by atoms with Crippen LogP contribution in [0.15, 0.2) is 0 Å². The third-order valence-electron chi connectivity index (χ3n) is 4.79. The summed E-state index contributed by atoms with van der Waals surface area (Å²) < 4.78 is 5.36. The zero-order chi connectivity index (χ0) is 13.9. The molecule has 2 unspecified atom stereocenters. The van der Waals surface area contributed by atoms with Crippen molar-refractivity contribution in [1.29, 1.82) is 0 Å². The number of nitrogens with zero attached hydrogens (tertiary/aromatic N) is 1. The average molecular weight is 268 g/mol. The maximum absolute atomic E-state index is 12.5. The standard InChI is InChI=1S/C15H28N2O2/c1-4-19-14(18)15(16-13-7-5-6-8-13)9-10-17(3)12(2)11-15/h12-13,16H,4-11H2,1-3H3. The van der Waals surface area contributed by atoms with Gasteiger partial charge in [-0.05, 0) is 46.6 Å². The highest BCUT2D eigenvalue weighted by atomic mass is 16.5. The molecule has 1 heterocycles. The molecule has 0 aromatic heterocycles. The Bertz CT molecular complexity index is 315. The lowest BCUT2D eigenvalue weighted by Crippen LogP contribution is -2.62. The maximum atomic E-state index is 12.5. The molecule has 1 saturated carbocycles. The van der Waals surface area contributed by atoms with Crippen molar-refractivity contribution in [3.05, 3.63) is 0 Å². The number of carbonyl (C=O) groups is 1. The molecule has 1 saturated heterocycles. The number of hydrogen-bond acceptors (Lipinski definition) is 4. The highest BCUT2D eigenvalue weighted by Gasteiger charge is 2.45. The summed E-state index contributed by atoms with van der Waals surface area (Å²) in [7, 11) is 2.13. The fourth-order valence-electron chi connectivity index (χ4n) is 3.46. The molecule has 2 aliphatic rings. The lowest BCUT2D eigenvalue weighted by Gasteiger charge is -2.44. The Balaban J connectivity index is 2.09. The van der Waals surface area contributed by atoms with E-state index in [1.54, 1.807) is 0 Å². The fraction of sp³-hybridized carbons (Fsp3) is 0.933. The van der Waals surface area contributed by atoms with Crippen molar-refractivity contribution in [1.82, 2.24) is 10.2 Å². The molecule has 19 heavy (non-hydrogen) atoms. The van der Waals surface area contributed by atoms with Crippen LogP contribution in [0.2, 0.25) is 0 Å². The molecule has 0 spiro atoms. The molecule has 4 nitrogen and oxygen atoms in total. The first-order valence-corrected chi connectivity index (χ1v) is 7.72. The van der Waals surface area contributed by atoms with Gasteiger partial charge < -0.3 is 9.64 Å². The van der Waals surface area contributed by atoms with Crippen LogP contribution in [0.5, 0.6) is 0 Å². The van der Waals surface area contributed by atoms with Crippen LogP contribution in [0.3, 0.4) is 0 Å². The molecular formula is C15H28N2O2. The lowest BCUT2D eigenvalue weighted by molar-refractivity contribution is -0.154. The summed E-state index contributed by atoms with van der Waals surface area (Å²) in [6.45, 7) is 5.51. The first kappa shape index (κ1) is 14.8. The van der Waals surface area contributed by atoms with E-state index in [1.807, 2.05) is 6.92 Å². The third-order valence-corrected chi connectivity index (χ3v) is 4.79. The Morgan fingerprint density at radius 3 is 2.68 bits per heavy atom. The Morgan fingerprint density at radius 2 is 2.11 bits per heavy atom. The first-order valence-electron chi connectivity index (χ1n) is 7.72. The topological polar surface area (TPSA) is 41.6 Å². The van der Waals surface area contributed by atoms with Crippen molar-refractivity contribution in [2.24, 2.45) is 0 Å². The smallest absolute Gasteiger partial charge is 0.326 e. The van der Waals surface area contributed by atoms with Crippen LogP contribution >= 0.6 is 0 Å². The monoisotopic (exact) mass is 268 g/mol. The van der Waals surface area contributed by atoms with Crippen LogP contribution < -0.4 is 5.32 Å². The third kappa shape index (κ3) is 3.29. The predicted octanol–water partition coefficient (Wildman–Crippen LogP) is 1.93. The van der Waals surface area contributed by atoms with Crippen LogP contribution in [0, 0.1) is 0 Å². The van der Waals surface area contributed by atoms with Crippen molar-refractivity contribution in [3.63, 3.8) is 0 Å². The van der Waals surface area contributed by atoms with Gasteiger partial charge in [0.15, 0.2) is 0 Å². The van der Waals surface area contributed by atoms with Gasteiger partial charge >= 0.3 is 5.97 Å². The molecule has 0 bridgehead atoms. The molecule has 1 aliphatic carbocycles. The zero-order valence-corrected chi connectivity index (χ0v) is 12.6. The van der Waals surface area contributed by atoms with Crippen molar-refractivity contribution < 1.29 is 9.53 Å². The van der Waals surface area contributed by atoms with Gasteiger partial charge in [-0.3, -0.25) is 10.1 Å². The van der Waals surface area contributed by atoms with E-state index < -0.39 is 5.54 Å². The average Bonchev–Trinajstić information content (AvgIpc) is 2.87. The van der Waals surface area contributed by atoms with E-state index in [9.17, 15) is 4.79 Å². The van der Waals surface area contributed by atoms with Crippen molar-refractivity contribution in [3.8, 4) is 0 Å². The summed E-state index contributed by atoms with van der Waals surface area (Å²) in [4.78, 5) is 14.8. The molecule has 0 aromatic carbocycles. The second kappa shape index (κ2) is 6.23. The molecular weight excluding hydrogens is 240 g/mol. The van der Waals surface area contributed by atoms with Crippen LogP contribution in [0.1, 0.15) is 52.4 Å². The number of carbonyl (C=O) groups excluding carboxylic acids is 1. The number of hydrogen-bond donors (Lipinski definition) is 1. The molecule has 1 aliphatic heterocycles. The molecule has 2 rings (SSSR count). The van der Waals surface area contributed by atoms with Crippen LogP contribution in [-0.4, -0.2) is 48.7 Å². The summed E-state index contributed by atoms with van der Waals surface area (Å²) >= 11 is 0. The first-order chi connectivity index (χ1) is 9.07. The number of esters is 1. The van der Waals surface area contributed by atoms with Gasteiger partial charge in [0.2, 0.25) is 0 Å². The number of nitrogens with one attached hydrogen (secondary N) is 1. The predicted molar refractivity (Wildman–Crippen MR) is 76.1 cm³/mol. The Hall–Kier alpha value is -0.610. The van der Waals surface area contributed by atoms with Gasteiger partial charge in [-0.1, -0.05) is 12.8 Å². The molecule has 2 fully saturated rings. The zero-order valence-electron chi connectivity index (χ0n) is 12.6. The van der Waals surface area contributed by atoms with E-state index in [-0.39, 0.29) is 5.97 Å². The van der Waals surface area contributed by atoms with Gasteiger partial charge in [0.1, 0.15) is 5.54 Å². The second-order valence-electron chi connectivity index (χ2n) is 6.21. The van der Waals surface area contributed by atoms with E-state index in [2.05, 4.69) is 24.2 Å². The van der Waals surface area contributed by atoms with Crippen molar-refractivity contribution in [2.45, 2.75) is 70.0 Å². The van der Waals surface area contributed by atoms with Crippen molar-refractivity contribution >= 4 is 5.97 Å². The van der Waals surface area contributed by atoms with E-state index >= 15 is 0 Å². The SMILES string of the molecule is CCOC(=O)C1(NC2CCCC2)CCN(C)C(C)C1. The van der Waals surface area contributed by atoms with E-state index in [4.69, 9.17) is 4.74 Å². The Labute approximate surface area is 116 Å². The van der Waals surface area contributed by atoms with Gasteiger partial charge in [0, 0.05) is 18.6 Å².